The molecule has 0 aromatic rings. The third-order valence-electron chi connectivity index (χ3n) is 8.22. The molecule has 3 aliphatic heterocycles. The van der Waals surface area contributed by atoms with Crippen LogP contribution >= 0.6 is 0 Å². The lowest BCUT2D eigenvalue weighted by atomic mass is 9.72. The van der Waals surface area contributed by atoms with Gasteiger partial charge < -0.3 is 14.7 Å². The molecule has 0 unspecified atom stereocenters. The zero-order valence-electron chi connectivity index (χ0n) is 24.0. The van der Waals surface area contributed by atoms with Gasteiger partial charge in [-0.15, -0.1) is 0 Å². The molecule has 1 aliphatic carbocycles. The predicted octanol–water partition coefficient (Wildman–Crippen LogP) is 5.73. The first kappa shape index (κ1) is 31.1. The SMILES string of the molecule is CC.CC.CC.CC(=O)C1CCC(C(=O)N2CCC(CN3CCC4(CC3)CN(C)C4)CC2)CC1. The summed E-state index contributed by atoms with van der Waals surface area (Å²) in [6, 6.07) is 0. The van der Waals surface area contributed by atoms with Crippen LogP contribution in [-0.4, -0.2) is 79.3 Å². The van der Waals surface area contributed by atoms with Crippen molar-refractivity contribution in [1.29, 1.82) is 0 Å². The number of ketones is 1. The minimum absolute atomic E-state index is 0.172. The Balaban J connectivity index is 0.000000894. The number of carbonyl (C=O) groups is 2. The van der Waals surface area contributed by atoms with Gasteiger partial charge in [-0.3, -0.25) is 9.59 Å². The van der Waals surface area contributed by atoms with Crippen LogP contribution in [0.25, 0.3) is 0 Å². The van der Waals surface area contributed by atoms with Crippen LogP contribution in [-0.2, 0) is 9.59 Å². The van der Waals surface area contributed by atoms with E-state index < -0.39 is 0 Å². The normalized spacial score (nSPS) is 27.1. The molecule has 5 nitrogen and oxygen atoms in total. The second kappa shape index (κ2) is 15.9. The van der Waals surface area contributed by atoms with Crippen molar-refractivity contribution in [3.8, 4) is 0 Å². The zero-order chi connectivity index (χ0) is 25.7. The van der Waals surface area contributed by atoms with Crippen molar-refractivity contribution in [3.63, 3.8) is 0 Å². The van der Waals surface area contributed by atoms with Crippen molar-refractivity contribution in [2.75, 3.05) is 52.9 Å². The van der Waals surface area contributed by atoms with Crippen molar-refractivity contribution in [2.24, 2.45) is 23.2 Å². The fourth-order valence-corrected chi connectivity index (χ4v) is 6.33. The molecule has 3 heterocycles. The Hall–Kier alpha value is -0.940. The largest absolute Gasteiger partial charge is 0.342 e. The summed E-state index contributed by atoms with van der Waals surface area (Å²) in [6.07, 6.45) is 8.72. The van der Waals surface area contributed by atoms with Gasteiger partial charge in [0.2, 0.25) is 5.91 Å². The minimum atomic E-state index is 0.172. The predicted molar refractivity (Wildman–Crippen MR) is 145 cm³/mol. The second-order valence-electron chi connectivity index (χ2n) is 10.4. The molecule has 0 aromatic carbocycles. The van der Waals surface area contributed by atoms with Gasteiger partial charge in [0.25, 0.3) is 0 Å². The molecule has 0 atom stereocenters. The van der Waals surface area contributed by atoms with Crippen LogP contribution in [0, 0.1) is 23.2 Å². The van der Waals surface area contributed by atoms with Gasteiger partial charge in [0, 0.05) is 44.6 Å². The van der Waals surface area contributed by atoms with Crippen molar-refractivity contribution in [3.05, 3.63) is 0 Å². The topological polar surface area (TPSA) is 43.9 Å². The summed E-state index contributed by atoms with van der Waals surface area (Å²) in [6.45, 7) is 22.0. The summed E-state index contributed by atoms with van der Waals surface area (Å²) in [4.78, 5) is 31.7. The minimum Gasteiger partial charge on any atom is -0.342 e. The van der Waals surface area contributed by atoms with Gasteiger partial charge in [-0.1, -0.05) is 41.5 Å². The highest BCUT2D eigenvalue weighted by Crippen LogP contribution is 2.40. The number of nitrogens with zero attached hydrogens (tertiary/aromatic N) is 3. The van der Waals surface area contributed by atoms with E-state index in [1.807, 2.05) is 41.5 Å². The first-order chi connectivity index (χ1) is 16.4. The summed E-state index contributed by atoms with van der Waals surface area (Å²) in [7, 11) is 2.24. The lowest BCUT2D eigenvalue weighted by Crippen LogP contribution is -2.59. The van der Waals surface area contributed by atoms with Gasteiger partial charge in [0.15, 0.2) is 0 Å². The molecule has 4 fully saturated rings. The number of likely N-dealkylation sites (tertiary alicyclic amines) is 3. The summed E-state index contributed by atoms with van der Waals surface area (Å²) < 4.78 is 0. The monoisotopic (exact) mass is 479 g/mol. The van der Waals surface area contributed by atoms with Crippen LogP contribution in [0.4, 0.5) is 0 Å². The van der Waals surface area contributed by atoms with Crippen molar-refractivity contribution >= 4 is 11.7 Å². The quantitative estimate of drug-likeness (QED) is 0.517. The molecule has 200 valence electrons. The molecule has 1 spiro atoms. The van der Waals surface area contributed by atoms with Gasteiger partial charge in [-0.25, -0.2) is 0 Å². The van der Waals surface area contributed by atoms with Crippen LogP contribution in [0.2, 0.25) is 0 Å². The fourth-order valence-electron chi connectivity index (χ4n) is 6.33. The molecular weight excluding hydrogens is 422 g/mol. The van der Waals surface area contributed by atoms with Gasteiger partial charge >= 0.3 is 0 Å². The molecule has 4 rings (SSSR count). The maximum absolute atomic E-state index is 12.9. The summed E-state index contributed by atoms with van der Waals surface area (Å²) in [5, 5.41) is 0. The maximum Gasteiger partial charge on any atom is 0.225 e. The van der Waals surface area contributed by atoms with Crippen LogP contribution < -0.4 is 0 Å². The van der Waals surface area contributed by atoms with Crippen LogP contribution in [0.1, 0.15) is 99.8 Å². The molecule has 0 N–H and O–H groups in total. The lowest BCUT2D eigenvalue weighted by Gasteiger charge is -2.53. The Bertz CT molecular complexity index is 562. The highest BCUT2D eigenvalue weighted by molar-refractivity contribution is 5.81. The molecule has 3 saturated heterocycles. The summed E-state index contributed by atoms with van der Waals surface area (Å²) in [5.41, 5.74) is 0.641. The Kier molecular flexibility index (Phi) is 14.6. The molecular formula is C29H57N3O2. The molecule has 34 heavy (non-hydrogen) atoms. The third kappa shape index (κ3) is 8.62. The van der Waals surface area contributed by atoms with Crippen LogP contribution in [0.15, 0.2) is 0 Å². The van der Waals surface area contributed by atoms with Gasteiger partial charge in [-0.2, -0.15) is 0 Å². The van der Waals surface area contributed by atoms with E-state index in [1.165, 1.54) is 58.4 Å². The summed E-state index contributed by atoms with van der Waals surface area (Å²) >= 11 is 0. The van der Waals surface area contributed by atoms with E-state index in [1.54, 1.807) is 6.92 Å². The maximum atomic E-state index is 12.9. The highest BCUT2D eigenvalue weighted by atomic mass is 16.2. The standard InChI is InChI=1S/C23H39N3O2.3C2H6/c1-18(27)20-3-5-21(6-4-20)22(28)26-11-7-19(8-12-26)15-25-13-9-23(10-14-25)16-24(2)17-23;3*1-2/h19-21H,3-17H2,1-2H3;3*1-2H3. The number of carbonyl (C=O) groups excluding carboxylic acids is 2. The number of hydrogen-bond acceptors (Lipinski definition) is 4. The Morgan fingerprint density at radius 2 is 1.21 bits per heavy atom. The molecule has 1 amide bonds. The zero-order valence-corrected chi connectivity index (χ0v) is 24.0. The number of Topliss-reactive ketones (excluding diaryl/α,β-unsaturated/α-hetero) is 1. The van der Waals surface area contributed by atoms with E-state index in [4.69, 9.17) is 0 Å². The molecule has 4 aliphatic rings. The van der Waals surface area contributed by atoms with Crippen LogP contribution in [0.5, 0.6) is 0 Å². The van der Waals surface area contributed by atoms with Crippen LogP contribution in [0.3, 0.4) is 0 Å². The first-order valence-electron chi connectivity index (χ1n) is 14.6. The van der Waals surface area contributed by atoms with Crippen molar-refractivity contribution in [1.82, 2.24) is 14.7 Å². The Labute approximate surface area is 212 Å². The van der Waals surface area contributed by atoms with E-state index in [2.05, 4.69) is 21.7 Å². The molecule has 0 aromatic heterocycles. The smallest absolute Gasteiger partial charge is 0.225 e. The number of rotatable bonds is 4. The molecule has 1 saturated carbocycles. The number of piperidine rings is 2. The van der Waals surface area contributed by atoms with Crippen molar-refractivity contribution in [2.45, 2.75) is 99.8 Å². The molecule has 5 heteroatoms. The lowest BCUT2D eigenvalue weighted by molar-refractivity contribution is -0.139. The second-order valence-corrected chi connectivity index (χ2v) is 10.4. The highest BCUT2D eigenvalue weighted by Gasteiger charge is 2.43. The van der Waals surface area contributed by atoms with E-state index in [-0.39, 0.29) is 11.8 Å². The number of hydrogen-bond donors (Lipinski definition) is 0. The van der Waals surface area contributed by atoms with Gasteiger partial charge in [0.1, 0.15) is 5.78 Å². The average molecular weight is 480 g/mol. The van der Waals surface area contributed by atoms with Gasteiger partial charge in [0.05, 0.1) is 0 Å². The first-order valence-corrected chi connectivity index (χ1v) is 14.6. The van der Waals surface area contributed by atoms with E-state index in [0.29, 0.717) is 17.1 Å². The van der Waals surface area contributed by atoms with Gasteiger partial charge in [-0.05, 0) is 89.8 Å². The van der Waals surface area contributed by atoms with Crippen molar-refractivity contribution < 1.29 is 9.59 Å². The van der Waals surface area contributed by atoms with E-state index >= 15 is 0 Å². The molecule has 0 radical (unpaired) electrons. The molecule has 0 bridgehead atoms. The third-order valence-corrected chi connectivity index (χ3v) is 8.22. The number of amides is 1. The van der Waals surface area contributed by atoms with E-state index in [9.17, 15) is 9.59 Å². The Morgan fingerprint density at radius 1 is 0.735 bits per heavy atom. The Morgan fingerprint density at radius 3 is 1.65 bits per heavy atom. The fraction of sp³-hybridized carbons (Fsp3) is 0.931. The average Bonchev–Trinajstić information content (AvgIpc) is 2.88. The summed E-state index contributed by atoms with van der Waals surface area (Å²) in [5.74, 6) is 1.81. The van der Waals surface area contributed by atoms with E-state index in [0.717, 1.165) is 44.7 Å².